The highest BCUT2D eigenvalue weighted by Crippen LogP contribution is 2.32. The fourth-order valence-electron chi connectivity index (χ4n) is 2.77. The van der Waals surface area contributed by atoms with Gasteiger partial charge in [-0.25, -0.2) is 0 Å². The van der Waals surface area contributed by atoms with E-state index in [1.807, 2.05) is 18.5 Å². The molecule has 1 aliphatic carbocycles. The van der Waals surface area contributed by atoms with Crippen molar-refractivity contribution >= 4 is 37.2 Å². The van der Waals surface area contributed by atoms with Gasteiger partial charge in [0.15, 0.2) is 0 Å². The van der Waals surface area contributed by atoms with E-state index in [2.05, 4.69) is 20.9 Å². The first-order valence-corrected chi connectivity index (χ1v) is 7.33. The molecule has 4 nitrogen and oxygen atoms in total. The number of nitrogens with zero attached hydrogens (tertiary/aromatic N) is 3. The lowest BCUT2D eigenvalue weighted by Crippen LogP contribution is -2.48. The first kappa shape index (κ1) is 21.9. The number of piperazine rings is 1. The minimum Gasteiger partial charge on any atom is -0.392 e. The third-order valence-corrected chi connectivity index (χ3v) is 4.21. The number of hydrogen-bond acceptors (Lipinski definition) is 4. The molecular weight excluding hydrogens is 345 g/mol. The van der Waals surface area contributed by atoms with Crippen LogP contribution in [0.4, 0.5) is 0 Å². The molecule has 3 rings (SSSR count). The van der Waals surface area contributed by atoms with Gasteiger partial charge < -0.3 is 5.11 Å². The molecule has 22 heavy (non-hydrogen) atoms. The van der Waals surface area contributed by atoms with E-state index in [1.165, 1.54) is 18.4 Å². The van der Waals surface area contributed by atoms with Gasteiger partial charge >= 0.3 is 0 Å². The van der Waals surface area contributed by atoms with Crippen LogP contribution in [0, 0.1) is 5.92 Å². The maximum absolute atomic E-state index is 9.98. The molecular formula is C15H26Cl3N3O. The van der Waals surface area contributed by atoms with Gasteiger partial charge in [-0.15, -0.1) is 37.2 Å². The molecule has 1 atom stereocenters. The summed E-state index contributed by atoms with van der Waals surface area (Å²) in [6.45, 7) is 6.19. The third-order valence-electron chi connectivity index (χ3n) is 4.21. The number of hydrogen-bond donors (Lipinski definition) is 1. The van der Waals surface area contributed by atoms with Crippen molar-refractivity contribution in [2.45, 2.75) is 25.5 Å². The highest BCUT2D eigenvalue weighted by molar-refractivity contribution is 5.86. The van der Waals surface area contributed by atoms with Crippen LogP contribution in [0.15, 0.2) is 24.5 Å². The van der Waals surface area contributed by atoms with Gasteiger partial charge in [-0.2, -0.15) is 0 Å². The van der Waals surface area contributed by atoms with E-state index in [4.69, 9.17) is 0 Å². The highest BCUT2D eigenvalue weighted by atomic mass is 35.5. The van der Waals surface area contributed by atoms with Gasteiger partial charge in [0.2, 0.25) is 0 Å². The van der Waals surface area contributed by atoms with Crippen LogP contribution in [-0.4, -0.2) is 58.7 Å². The molecule has 1 saturated heterocycles. The standard InChI is InChI=1S/C15H23N3O.3ClH/c19-15(14-3-4-14)12-18-8-6-17(7-9-18)11-13-2-1-5-16-10-13;;;/h1-2,5,10,14-15,19H,3-4,6-9,11-12H2;3*1H. The van der Waals surface area contributed by atoms with Crippen LogP contribution < -0.4 is 0 Å². The van der Waals surface area contributed by atoms with Crippen LogP contribution in [0.2, 0.25) is 0 Å². The maximum Gasteiger partial charge on any atom is 0.0695 e. The van der Waals surface area contributed by atoms with Crippen molar-refractivity contribution in [3.05, 3.63) is 30.1 Å². The second kappa shape index (κ2) is 10.6. The van der Waals surface area contributed by atoms with E-state index in [-0.39, 0.29) is 43.3 Å². The Morgan fingerprint density at radius 1 is 1.09 bits per heavy atom. The summed E-state index contributed by atoms with van der Waals surface area (Å²) < 4.78 is 0. The lowest BCUT2D eigenvalue weighted by atomic mass is 10.2. The summed E-state index contributed by atoms with van der Waals surface area (Å²) in [7, 11) is 0. The summed E-state index contributed by atoms with van der Waals surface area (Å²) in [5, 5.41) is 9.98. The summed E-state index contributed by atoms with van der Waals surface area (Å²) in [6, 6.07) is 4.13. The Morgan fingerprint density at radius 3 is 2.27 bits per heavy atom. The quantitative estimate of drug-likeness (QED) is 0.863. The van der Waals surface area contributed by atoms with Crippen molar-refractivity contribution in [3.8, 4) is 0 Å². The number of aliphatic hydroxyl groups excluding tert-OH is 1. The lowest BCUT2D eigenvalue weighted by Gasteiger charge is -2.35. The lowest BCUT2D eigenvalue weighted by molar-refractivity contribution is 0.0601. The predicted octanol–water partition coefficient (Wildman–Crippen LogP) is 2.24. The van der Waals surface area contributed by atoms with Crippen LogP contribution in [-0.2, 0) is 6.54 Å². The highest BCUT2D eigenvalue weighted by Gasteiger charge is 2.31. The minimum atomic E-state index is -0.0927. The molecule has 0 radical (unpaired) electrons. The monoisotopic (exact) mass is 369 g/mol. The Balaban J connectivity index is 0.00000147. The Hall–Kier alpha value is -0.100. The van der Waals surface area contributed by atoms with Crippen LogP contribution in [0.25, 0.3) is 0 Å². The van der Waals surface area contributed by atoms with Gasteiger partial charge in [0.25, 0.3) is 0 Å². The van der Waals surface area contributed by atoms with Crippen molar-refractivity contribution in [2.75, 3.05) is 32.7 Å². The van der Waals surface area contributed by atoms with E-state index >= 15 is 0 Å². The number of rotatable bonds is 5. The number of halogens is 3. The number of β-amino-alcohol motifs (C(OH)–C–C–N with tert-alkyl or cyclic N) is 1. The average molecular weight is 371 g/mol. The molecule has 2 aliphatic rings. The first-order valence-electron chi connectivity index (χ1n) is 7.33. The minimum absolute atomic E-state index is 0. The maximum atomic E-state index is 9.98. The van der Waals surface area contributed by atoms with Crippen molar-refractivity contribution < 1.29 is 5.11 Å². The molecule has 1 N–H and O–H groups in total. The Morgan fingerprint density at radius 2 is 1.73 bits per heavy atom. The number of pyridine rings is 1. The fourth-order valence-corrected chi connectivity index (χ4v) is 2.77. The normalized spacial score (nSPS) is 20.2. The predicted molar refractivity (Wildman–Crippen MR) is 96.4 cm³/mol. The number of aliphatic hydroxyl groups is 1. The molecule has 1 aromatic rings. The fraction of sp³-hybridized carbons (Fsp3) is 0.667. The summed E-state index contributed by atoms with van der Waals surface area (Å²) >= 11 is 0. The summed E-state index contributed by atoms with van der Waals surface area (Å²) in [6.07, 6.45) is 6.12. The molecule has 128 valence electrons. The molecule has 1 unspecified atom stereocenters. The van der Waals surface area contributed by atoms with E-state index in [0.29, 0.717) is 5.92 Å². The molecule has 2 heterocycles. The Kier molecular flexibility index (Phi) is 10.6. The molecule has 1 aliphatic heterocycles. The number of aromatic nitrogens is 1. The van der Waals surface area contributed by atoms with E-state index in [1.54, 1.807) is 0 Å². The molecule has 0 amide bonds. The summed E-state index contributed by atoms with van der Waals surface area (Å²) in [4.78, 5) is 9.04. The molecule has 0 bridgehead atoms. The van der Waals surface area contributed by atoms with Crippen molar-refractivity contribution in [3.63, 3.8) is 0 Å². The molecule has 0 spiro atoms. The van der Waals surface area contributed by atoms with Crippen LogP contribution in [0.3, 0.4) is 0 Å². The van der Waals surface area contributed by atoms with Gasteiger partial charge in [-0.1, -0.05) is 6.07 Å². The van der Waals surface area contributed by atoms with Gasteiger partial charge in [0.05, 0.1) is 6.10 Å². The molecule has 0 aromatic carbocycles. The third kappa shape index (κ3) is 6.57. The topological polar surface area (TPSA) is 39.6 Å². The van der Waals surface area contributed by atoms with Crippen LogP contribution in [0.5, 0.6) is 0 Å². The molecule has 7 heteroatoms. The van der Waals surface area contributed by atoms with Crippen molar-refractivity contribution in [1.29, 1.82) is 0 Å². The first-order chi connectivity index (χ1) is 9.31. The van der Waals surface area contributed by atoms with E-state index in [9.17, 15) is 5.11 Å². The van der Waals surface area contributed by atoms with Gasteiger partial charge in [0.1, 0.15) is 0 Å². The summed E-state index contributed by atoms with van der Waals surface area (Å²) in [5.41, 5.74) is 1.29. The van der Waals surface area contributed by atoms with Crippen LogP contribution >= 0.6 is 37.2 Å². The van der Waals surface area contributed by atoms with Crippen LogP contribution in [0.1, 0.15) is 18.4 Å². The van der Waals surface area contributed by atoms with Gasteiger partial charge in [-0.3, -0.25) is 14.8 Å². The summed E-state index contributed by atoms with van der Waals surface area (Å²) in [5.74, 6) is 0.591. The van der Waals surface area contributed by atoms with Crippen molar-refractivity contribution in [2.24, 2.45) is 5.92 Å². The zero-order valence-electron chi connectivity index (χ0n) is 12.6. The zero-order valence-corrected chi connectivity index (χ0v) is 15.1. The smallest absolute Gasteiger partial charge is 0.0695 e. The van der Waals surface area contributed by atoms with Gasteiger partial charge in [-0.05, 0) is 30.4 Å². The zero-order chi connectivity index (χ0) is 13.1. The Bertz CT molecular complexity index is 398. The second-order valence-corrected chi connectivity index (χ2v) is 5.84. The molecule has 1 saturated carbocycles. The molecule has 2 fully saturated rings. The van der Waals surface area contributed by atoms with E-state index < -0.39 is 0 Å². The van der Waals surface area contributed by atoms with Crippen molar-refractivity contribution in [1.82, 2.24) is 14.8 Å². The second-order valence-electron chi connectivity index (χ2n) is 5.84. The van der Waals surface area contributed by atoms with E-state index in [0.717, 1.165) is 39.3 Å². The Labute approximate surface area is 151 Å². The van der Waals surface area contributed by atoms with Gasteiger partial charge in [0, 0.05) is 51.7 Å². The SMILES string of the molecule is Cl.Cl.Cl.OC(CN1CCN(Cc2cccnc2)CC1)C1CC1. The largest absolute Gasteiger partial charge is 0.392 e. The molecule has 1 aromatic heterocycles. The average Bonchev–Trinajstić information content (AvgIpc) is 3.27.